The molecule has 0 atom stereocenters. The van der Waals surface area contributed by atoms with Gasteiger partial charge in [0.05, 0.1) is 24.2 Å². The number of hydrogen-bond donors (Lipinski definition) is 0. The van der Waals surface area contributed by atoms with Crippen LogP contribution in [0, 0.1) is 5.82 Å². The average Bonchev–Trinajstić information content (AvgIpc) is 2.66. The molecule has 0 saturated heterocycles. The molecule has 3 aromatic carbocycles. The predicted octanol–water partition coefficient (Wildman–Crippen LogP) is 4.88. The van der Waals surface area contributed by atoms with E-state index in [0.29, 0.717) is 22.0 Å². The number of sulfonamides is 1. The molecule has 0 aliphatic carbocycles. The Morgan fingerprint density at radius 3 is 2.44 bits per heavy atom. The minimum atomic E-state index is -4.04. The van der Waals surface area contributed by atoms with Crippen molar-refractivity contribution in [3.63, 3.8) is 0 Å². The number of rotatable bonds is 6. The Labute approximate surface area is 162 Å². The fourth-order valence-electron chi connectivity index (χ4n) is 2.69. The van der Waals surface area contributed by atoms with Crippen LogP contribution < -0.4 is 9.04 Å². The van der Waals surface area contributed by atoms with Gasteiger partial charge in [0.15, 0.2) is 0 Å². The molecule has 7 heteroatoms. The number of ether oxygens (including phenoxy) is 1. The van der Waals surface area contributed by atoms with Crippen molar-refractivity contribution in [2.75, 3.05) is 11.4 Å². The smallest absolute Gasteiger partial charge is 0.264 e. The first-order valence-electron chi connectivity index (χ1n) is 8.07. The molecule has 0 fully saturated rings. The molecular weight excluding hydrogens is 389 g/mol. The third-order valence-electron chi connectivity index (χ3n) is 3.99. The van der Waals surface area contributed by atoms with Crippen LogP contribution in [0.1, 0.15) is 5.56 Å². The van der Waals surface area contributed by atoms with E-state index in [-0.39, 0.29) is 11.4 Å². The molecule has 0 aromatic heterocycles. The highest BCUT2D eigenvalue weighted by Crippen LogP contribution is 2.30. The van der Waals surface area contributed by atoms with E-state index < -0.39 is 15.8 Å². The standard InChI is InChI=1S/C20H17ClFNO3S/c1-26-20-11-3-2-6-15(20)14-23(18-9-4-7-16(21)12-18)27(24,25)19-10-5-8-17(22)13-19/h2-13H,14H2,1H3. The van der Waals surface area contributed by atoms with E-state index in [4.69, 9.17) is 16.3 Å². The van der Waals surface area contributed by atoms with E-state index in [0.717, 1.165) is 6.07 Å². The zero-order valence-corrected chi connectivity index (χ0v) is 16.0. The maximum absolute atomic E-state index is 13.6. The second kappa shape index (κ2) is 7.98. The van der Waals surface area contributed by atoms with Gasteiger partial charge in [0.25, 0.3) is 10.0 Å². The van der Waals surface area contributed by atoms with E-state index in [1.807, 2.05) is 0 Å². The minimum Gasteiger partial charge on any atom is -0.496 e. The first-order chi connectivity index (χ1) is 12.9. The Hall–Kier alpha value is -2.57. The molecule has 27 heavy (non-hydrogen) atoms. The zero-order valence-electron chi connectivity index (χ0n) is 14.5. The number of anilines is 1. The summed E-state index contributed by atoms with van der Waals surface area (Å²) in [6.07, 6.45) is 0. The lowest BCUT2D eigenvalue weighted by Crippen LogP contribution is -2.30. The number of halogens is 2. The molecule has 140 valence electrons. The van der Waals surface area contributed by atoms with E-state index in [2.05, 4.69) is 0 Å². The lowest BCUT2D eigenvalue weighted by atomic mass is 10.2. The van der Waals surface area contributed by atoms with Gasteiger partial charge in [-0.25, -0.2) is 12.8 Å². The lowest BCUT2D eigenvalue weighted by Gasteiger charge is -2.25. The van der Waals surface area contributed by atoms with Gasteiger partial charge in [-0.05, 0) is 42.5 Å². The minimum absolute atomic E-state index is 0.00318. The van der Waals surface area contributed by atoms with Crippen LogP contribution in [0.15, 0.2) is 77.7 Å². The lowest BCUT2D eigenvalue weighted by molar-refractivity contribution is 0.410. The van der Waals surface area contributed by atoms with Crippen molar-refractivity contribution >= 4 is 27.3 Å². The van der Waals surface area contributed by atoms with Crippen molar-refractivity contribution in [3.05, 3.63) is 89.2 Å². The Morgan fingerprint density at radius 2 is 1.74 bits per heavy atom. The summed E-state index contributed by atoms with van der Waals surface area (Å²) in [6, 6.07) is 18.5. The van der Waals surface area contributed by atoms with Gasteiger partial charge in [-0.3, -0.25) is 4.31 Å². The SMILES string of the molecule is COc1ccccc1CN(c1cccc(Cl)c1)S(=O)(=O)c1cccc(F)c1. The van der Waals surface area contributed by atoms with Crippen LogP contribution in [0.3, 0.4) is 0 Å². The third-order valence-corrected chi connectivity index (χ3v) is 5.99. The molecule has 0 unspecified atom stereocenters. The van der Waals surface area contributed by atoms with Gasteiger partial charge in [-0.2, -0.15) is 0 Å². The summed E-state index contributed by atoms with van der Waals surface area (Å²) in [4.78, 5) is -0.141. The summed E-state index contributed by atoms with van der Waals surface area (Å²) in [7, 11) is -2.52. The van der Waals surface area contributed by atoms with Gasteiger partial charge >= 0.3 is 0 Å². The summed E-state index contributed by atoms with van der Waals surface area (Å²) in [6.45, 7) is 0.00318. The Morgan fingerprint density at radius 1 is 1.00 bits per heavy atom. The largest absolute Gasteiger partial charge is 0.496 e. The van der Waals surface area contributed by atoms with Gasteiger partial charge in [0.2, 0.25) is 0 Å². The number of methoxy groups -OCH3 is 1. The first-order valence-corrected chi connectivity index (χ1v) is 9.89. The third kappa shape index (κ3) is 4.23. The van der Waals surface area contributed by atoms with Crippen molar-refractivity contribution < 1.29 is 17.5 Å². The summed E-state index contributed by atoms with van der Waals surface area (Å²) in [5, 5.41) is 0.395. The number of benzene rings is 3. The van der Waals surface area contributed by atoms with E-state index >= 15 is 0 Å². The average molecular weight is 406 g/mol. The Kier molecular flexibility index (Phi) is 5.68. The molecule has 0 spiro atoms. The normalized spacial score (nSPS) is 11.2. The van der Waals surface area contributed by atoms with Crippen molar-refractivity contribution in [3.8, 4) is 5.75 Å². The molecule has 4 nitrogen and oxygen atoms in total. The molecule has 0 aliphatic heterocycles. The monoisotopic (exact) mass is 405 g/mol. The molecule has 0 heterocycles. The second-order valence-electron chi connectivity index (χ2n) is 5.76. The quantitative estimate of drug-likeness (QED) is 0.587. The molecule has 0 radical (unpaired) electrons. The molecule has 0 bridgehead atoms. The number of hydrogen-bond acceptors (Lipinski definition) is 3. The highest BCUT2D eigenvalue weighted by atomic mass is 35.5. The van der Waals surface area contributed by atoms with Crippen LogP contribution >= 0.6 is 11.6 Å². The molecule has 3 rings (SSSR count). The maximum atomic E-state index is 13.6. The van der Waals surface area contributed by atoms with Crippen LogP contribution in [-0.4, -0.2) is 15.5 Å². The summed E-state index contributed by atoms with van der Waals surface area (Å²) in [5.74, 6) is -0.0709. The molecular formula is C20H17ClFNO3S. The van der Waals surface area contributed by atoms with E-state index in [1.54, 1.807) is 48.5 Å². The molecule has 0 amide bonds. The molecule has 0 aliphatic rings. The van der Waals surface area contributed by atoms with Crippen LogP contribution in [0.25, 0.3) is 0 Å². The topological polar surface area (TPSA) is 46.6 Å². The van der Waals surface area contributed by atoms with Crippen LogP contribution in [0.5, 0.6) is 5.75 Å². The van der Waals surface area contributed by atoms with Gasteiger partial charge in [0.1, 0.15) is 11.6 Å². The first kappa shape index (κ1) is 19.2. The fraction of sp³-hybridized carbons (Fsp3) is 0.100. The van der Waals surface area contributed by atoms with Crippen molar-refractivity contribution in [2.45, 2.75) is 11.4 Å². The van der Waals surface area contributed by atoms with Crippen molar-refractivity contribution in [2.24, 2.45) is 0 Å². The van der Waals surface area contributed by atoms with Crippen LogP contribution in [0.2, 0.25) is 5.02 Å². The maximum Gasteiger partial charge on any atom is 0.264 e. The molecule has 3 aromatic rings. The van der Waals surface area contributed by atoms with Gasteiger partial charge < -0.3 is 4.74 Å². The second-order valence-corrected chi connectivity index (χ2v) is 8.06. The highest BCUT2D eigenvalue weighted by molar-refractivity contribution is 7.92. The summed E-state index contributed by atoms with van der Waals surface area (Å²) >= 11 is 6.07. The van der Waals surface area contributed by atoms with E-state index in [9.17, 15) is 12.8 Å². The van der Waals surface area contributed by atoms with E-state index in [1.165, 1.54) is 29.6 Å². The number of nitrogens with zero attached hydrogens (tertiary/aromatic N) is 1. The Bertz CT molecular complexity index is 1060. The van der Waals surface area contributed by atoms with Gasteiger partial charge in [-0.1, -0.05) is 41.9 Å². The van der Waals surface area contributed by atoms with Crippen molar-refractivity contribution in [1.82, 2.24) is 0 Å². The Balaban J connectivity index is 2.13. The van der Waals surface area contributed by atoms with Crippen LogP contribution in [0.4, 0.5) is 10.1 Å². The van der Waals surface area contributed by atoms with Gasteiger partial charge in [-0.15, -0.1) is 0 Å². The molecule has 0 N–H and O–H groups in total. The molecule has 0 saturated carbocycles. The highest BCUT2D eigenvalue weighted by Gasteiger charge is 2.26. The predicted molar refractivity (Wildman–Crippen MR) is 104 cm³/mol. The van der Waals surface area contributed by atoms with Crippen LogP contribution in [-0.2, 0) is 16.6 Å². The fourth-order valence-corrected chi connectivity index (χ4v) is 4.34. The zero-order chi connectivity index (χ0) is 19.4. The summed E-state index contributed by atoms with van der Waals surface area (Å²) in [5.41, 5.74) is 1.04. The number of para-hydroxylation sites is 1. The van der Waals surface area contributed by atoms with Crippen molar-refractivity contribution in [1.29, 1.82) is 0 Å². The van der Waals surface area contributed by atoms with Gasteiger partial charge in [0, 0.05) is 10.6 Å². The summed E-state index contributed by atoms with van der Waals surface area (Å²) < 4.78 is 46.7.